The molecule has 18 heavy (non-hydrogen) atoms. The van der Waals surface area contributed by atoms with Gasteiger partial charge in [0.25, 0.3) is 0 Å². The Balaban J connectivity index is 2.59. The molecule has 1 aromatic rings. The number of nitrogens with one attached hydrogen (secondary N) is 2. The number of halogens is 2. The van der Waals surface area contributed by atoms with Gasteiger partial charge < -0.3 is 10.1 Å². The molecule has 8 heteroatoms. The van der Waals surface area contributed by atoms with Crippen molar-refractivity contribution in [3.05, 3.63) is 15.4 Å². The standard InChI is InChI=1S/C10H12BrFN2O3S/c1-17-9(15)7-5-6(11)8(18-7)14-10(16)13-4-2-3-12/h5H,2-4H2,1H3,(H2,13,14,16). The lowest BCUT2D eigenvalue weighted by Gasteiger charge is -2.04. The highest BCUT2D eigenvalue weighted by molar-refractivity contribution is 9.10. The summed E-state index contributed by atoms with van der Waals surface area (Å²) in [4.78, 5) is 23.1. The smallest absolute Gasteiger partial charge is 0.348 e. The van der Waals surface area contributed by atoms with Crippen LogP contribution in [0.4, 0.5) is 14.2 Å². The molecular weight excluding hydrogens is 327 g/mol. The Hall–Kier alpha value is -1.15. The number of esters is 1. The van der Waals surface area contributed by atoms with E-state index in [9.17, 15) is 14.0 Å². The van der Waals surface area contributed by atoms with Crippen molar-refractivity contribution in [1.82, 2.24) is 5.32 Å². The molecule has 0 aliphatic carbocycles. The fourth-order valence-corrected chi connectivity index (χ4v) is 2.66. The van der Waals surface area contributed by atoms with E-state index in [-0.39, 0.29) is 13.0 Å². The third-order valence-corrected chi connectivity index (χ3v) is 3.81. The van der Waals surface area contributed by atoms with E-state index < -0.39 is 18.7 Å². The van der Waals surface area contributed by atoms with E-state index in [0.717, 1.165) is 11.3 Å². The molecule has 5 nitrogen and oxygen atoms in total. The number of amides is 2. The van der Waals surface area contributed by atoms with Crippen molar-refractivity contribution in [1.29, 1.82) is 0 Å². The Morgan fingerprint density at radius 1 is 1.56 bits per heavy atom. The first-order valence-corrected chi connectivity index (χ1v) is 6.68. The predicted molar refractivity (Wildman–Crippen MR) is 71.0 cm³/mol. The molecule has 0 radical (unpaired) electrons. The van der Waals surface area contributed by atoms with Crippen LogP contribution in [-0.4, -0.2) is 32.3 Å². The summed E-state index contributed by atoms with van der Waals surface area (Å²) in [5.41, 5.74) is 0. The number of alkyl halides is 1. The van der Waals surface area contributed by atoms with Crippen molar-refractivity contribution >= 4 is 44.3 Å². The average molecular weight is 339 g/mol. The van der Waals surface area contributed by atoms with Gasteiger partial charge in [0.2, 0.25) is 0 Å². The van der Waals surface area contributed by atoms with E-state index in [1.807, 2.05) is 0 Å². The molecule has 100 valence electrons. The number of ether oxygens (including phenoxy) is 1. The third kappa shape index (κ3) is 4.26. The number of carbonyl (C=O) groups excluding carboxylic acids is 2. The zero-order valence-electron chi connectivity index (χ0n) is 9.59. The van der Waals surface area contributed by atoms with Crippen LogP contribution in [-0.2, 0) is 4.74 Å². The van der Waals surface area contributed by atoms with Gasteiger partial charge in [0.05, 0.1) is 18.3 Å². The van der Waals surface area contributed by atoms with Crippen LogP contribution >= 0.6 is 27.3 Å². The number of hydrogen-bond acceptors (Lipinski definition) is 4. The van der Waals surface area contributed by atoms with E-state index in [4.69, 9.17) is 0 Å². The maximum absolute atomic E-state index is 11.8. The summed E-state index contributed by atoms with van der Waals surface area (Å²) in [5.74, 6) is -0.466. The number of methoxy groups -OCH3 is 1. The molecule has 0 saturated carbocycles. The summed E-state index contributed by atoms with van der Waals surface area (Å²) in [6.07, 6.45) is 0.270. The van der Waals surface area contributed by atoms with Crippen LogP contribution in [0.25, 0.3) is 0 Å². The molecule has 0 fully saturated rings. The molecule has 0 bridgehead atoms. The van der Waals surface area contributed by atoms with Crippen LogP contribution in [0.15, 0.2) is 10.5 Å². The lowest BCUT2D eigenvalue weighted by atomic mass is 10.4. The minimum Gasteiger partial charge on any atom is -0.465 e. The third-order valence-electron chi connectivity index (χ3n) is 1.90. The summed E-state index contributed by atoms with van der Waals surface area (Å²) < 4.78 is 17.0. The van der Waals surface area contributed by atoms with Crippen LogP contribution in [0.3, 0.4) is 0 Å². The molecular formula is C10H12BrFN2O3S. The summed E-state index contributed by atoms with van der Waals surface area (Å²) in [6, 6.07) is 1.12. The van der Waals surface area contributed by atoms with Crippen LogP contribution in [0.5, 0.6) is 0 Å². The first-order chi connectivity index (χ1) is 8.58. The van der Waals surface area contributed by atoms with E-state index in [1.54, 1.807) is 6.07 Å². The van der Waals surface area contributed by atoms with Crippen LogP contribution < -0.4 is 10.6 Å². The number of anilines is 1. The fourth-order valence-electron chi connectivity index (χ4n) is 1.07. The lowest BCUT2D eigenvalue weighted by Crippen LogP contribution is -2.29. The molecule has 2 N–H and O–H groups in total. The van der Waals surface area contributed by atoms with Gasteiger partial charge in [-0.15, -0.1) is 11.3 Å². The van der Waals surface area contributed by atoms with Gasteiger partial charge in [-0.1, -0.05) is 0 Å². The van der Waals surface area contributed by atoms with Gasteiger partial charge in [0.1, 0.15) is 9.88 Å². The monoisotopic (exact) mass is 338 g/mol. The molecule has 0 spiro atoms. The first kappa shape index (κ1) is 14.9. The second-order valence-corrected chi connectivity index (χ2v) is 5.11. The first-order valence-electron chi connectivity index (χ1n) is 5.07. The average Bonchev–Trinajstić information content (AvgIpc) is 2.70. The van der Waals surface area contributed by atoms with Gasteiger partial charge in [-0.05, 0) is 28.4 Å². The van der Waals surface area contributed by atoms with Crippen molar-refractivity contribution in [3.8, 4) is 0 Å². The van der Waals surface area contributed by atoms with Crippen molar-refractivity contribution in [2.45, 2.75) is 6.42 Å². The Kier molecular flexibility index (Phi) is 6.06. The molecule has 0 saturated heterocycles. The Morgan fingerprint density at radius 2 is 2.28 bits per heavy atom. The molecule has 0 unspecified atom stereocenters. The maximum atomic E-state index is 11.8. The highest BCUT2D eigenvalue weighted by Gasteiger charge is 2.15. The van der Waals surface area contributed by atoms with Crippen molar-refractivity contribution < 1.29 is 18.7 Å². The number of hydrogen-bond donors (Lipinski definition) is 2. The molecule has 0 aliphatic heterocycles. The zero-order valence-corrected chi connectivity index (χ0v) is 12.0. The number of thiophene rings is 1. The minimum absolute atomic E-state index is 0.259. The Bertz CT molecular complexity index is 439. The van der Waals surface area contributed by atoms with Crippen LogP contribution in [0.2, 0.25) is 0 Å². The SMILES string of the molecule is COC(=O)c1cc(Br)c(NC(=O)NCCCF)s1. The molecule has 1 aromatic heterocycles. The summed E-state index contributed by atoms with van der Waals surface area (Å²) >= 11 is 4.32. The van der Waals surface area contributed by atoms with Gasteiger partial charge in [0.15, 0.2) is 0 Å². The lowest BCUT2D eigenvalue weighted by molar-refractivity contribution is 0.0606. The topological polar surface area (TPSA) is 67.4 Å². The summed E-state index contributed by atoms with van der Waals surface area (Å²) in [6.45, 7) is -0.218. The maximum Gasteiger partial charge on any atom is 0.348 e. The molecule has 0 aromatic carbocycles. The quantitative estimate of drug-likeness (QED) is 0.640. The number of rotatable bonds is 5. The Labute approximate surface area is 116 Å². The van der Waals surface area contributed by atoms with Gasteiger partial charge in [-0.25, -0.2) is 9.59 Å². The molecule has 1 rings (SSSR count). The summed E-state index contributed by atoms with van der Waals surface area (Å²) in [7, 11) is 1.28. The van der Waals surface area contributed by atoms with E-state index >= 15 is 0 Å². The van der Waals surface area contributed by atoms with Gasteiger partial charge in [-0.2, -0.15) is 0 Å². The number of carbonyl (C=O) groups is 2. The molecule has 2 amide bonds. The van der Waals surface area contributed by atoms with Gasteiger partial charge in [-0.3, -0.25) is 9.71 Å². The Morgan fingerprint density at radius 3 is 2.89 bits per heavy atom. The van der Waals surface area contributed by atoms with Crippen molar-refractivity contribution in [2.75, 3.05) is 25.6 Å². The normalized spacial score (nSPS) is 9.94. The van der Waals surface area contributed by atoms with Crippen molar-refractivity contribution in [3.63, 3.8) is 0 Å². The second-order valence-electron chi connectivity index (χ2n) is 3.20. The van der Waals surface area contributed by atoms with E-state index in [2.05, 4.69) is 31.3 Å². The van der Waals surface area contributed by atoms with E-state index in [1.165, 1.54) is 7.11 Å². The highest BCUT2D eigenvalue weighted by atomic mass is 79.9. The minimum atomic E-state index is -0.477. The molecule has 0 aliphatic rings. The molecule has 0 atom stereocenters. The van der Waals surface area contributed by atoms with Crippen LogP contribution in [0, 0.1) is 0 Å². The van der Waals surface area contributed by atoms with Crippen molar-refractivity contribution in [2.24, 2.45) is 0 Å². The predicted octanol–water partition coefficient (Wildman–Crippen LogP) is 2.78. The fraction of sp³-hybridized carbons (Fsp3) is 0.400. The van der Waals surface area contributed by atoms with Crippen LogP contribution in [0.1, 0.15) is 16.1 Å². The molecule has 1 heterocycles. The van der Waals surface area contributed by atoms with E-state index in [0.29, 0.717) is 14.4 Å². The van der Waals surface area contributed by atoms with Gasteiger partial charge in [0, 0.05) is 6.54 Å². The van der Waals surface area contributed by atoms with Gasteiger partial charge >= 0.3 is 12.0 Å². The largest absolute Gasteiger partial charge is 0.465 e. The highest BCUT2D eigenvalue weighted by Crippen LogP contribution is 2.32. The summed E-state index contributed by atoms with van der Waals surface area (Å²) in [5, 5.41) is 5.54. The second kappa shape index (κ2) is 7.32. The number of urea groups is 1. The zero-order chi connectivity index (χ0) is 13.5.